The van der Waals surface area contributed by atoms with Crippen molar-refractivity contribution < 1.29 is 4.74 Å². The Labute approximate surface area is 92.4 Å². The Morgan fingerprint density at radius 1 is 1.40 bits per heavy atom. The second-order valence-electron chi connectivity index (χ2n) is 4.77. The van der Waals surface area contributed by atoms with E-state index in [2.05, 4.69) is 49.1 Å². The van der Waals surface area contributed by atoms with Crippen LogP contribution in [0.25, 0.3) is 0 Å². The Bertz CT molecular complexity index is 286. The Morgan fingerprint density at radius 2 is 2.13 bits per heavy atom. The van der Waals surface area contributed by atoms with Crippen molar-refractivity contribution in [2.24, 2.45) is 0 Å². The molecule has 0 aliphatic carbocycles. The number of methoxy groups -OCH3 is 1. The van der Waals surface area contributed by atoms with Gasteiger partial charge in [-0.2, -0.15) is 0 Å². The molecule has 1 aromatic rings. The molecule has 1 rings (SSSR count). The predicted molar refractivity (Wildman–Crippen MR) is 63.0 cm³/mol. The first-order chi connectivity index (χ1) is 7.04. The fourth-order valence-corrected chi connectivity index (χ4v) is 1.37. The number of aromatic nitrogens is 1. The highest BCUT2D eigenvalue weighted by Crippen LogP contribution is 2.15. The van der Waals surface area contributed by atoms with Gasteiger partial charge in [0.2, 0.25) is 0 Å². The molecular formula is C12H22N2O. The van der Waals surface area contributed by atoms with Crippen molar-refractivity contribution in [2.75, 3.05) is 20.3 Å². The van der Waals surface area contributed by atoms with Crippen molar-refractivity contribution in [3.8, 4) is 0 Å². The molecular weight excluding hydrogens is 188 g/mol. The maximum atomic E-state index is 4.97. The van der Waals surface area contributed by atoms with Crippen LogP contribution in [0.3, 0.4) is 0 Å². The van der Waals surface area contributed by atoms with Crippen molar-refractivity contribution >= 4 is 0 Å². The van der Waals surface area contributed by atoms with Gasteiger partial charge in [-0.25, -0.2) is 0 Å². The second-order valence-corrected chi connectivity index (χ2v) is 4.77. The summed E-state index contributed by atoms with van der Waals surface area (Å²) in [5, 5.41) is 3.33. The fourth-order valence-electron chi connectivity index (χ4n) is 1.37. The van der Waals surface area contributed by atoms with Gasteiger partial charge in [0, 0.05) is 38.1 Å². The van der Waals surface area contributed by atoms with Gasteiger partial charge >= 0.3 is 0 Å². The molecule has 0 saturated carbocycles. The van der Waals surface area contributed by atoms with E-state index in [1.165, 1.54) is 5.56 Å². The summed E-state index contributed by atoms with van der Waals surface area (Å²) in [4.78, 5) is 0. The normalized spacial score (nSPS) is 12.0. The molecule has 0 aliphatic rings. The standard InChI is InChI=1S/C12H22N2O/c1-12(2,3)14-7-5-11(10-14)9-13-6-8-15-4/h5,7,10,13H,6,8-9H2,1-4H3. The van der Waals surface area contributed by atoms with Gasteiger partial charge in [-0.1, -0.05) is 0 Å². The van der Waals surface area contributed by atoms with Crippen LogP contribution in [-0.2, 0) is 16.8 Å². The number of hydrogen-bond acceptors (Lipinski definition) is 2. The molecule has 0 aromatic carbocycles. The molecule has 0 radical (unpaired) electrons. The Balaban J connectivity index is 2.40. The first kappa shape index (κ1) is 12.3. The molecule has 0 aliphatic heterocycles. The smallest absolute Gasteiger partial charge is 0.0587 e. The lowest BCUT2D eigenvalue weighted by atomic mass is 10.1. The fraction of sp³-hybridized carbons (Fsp3) is 0.667. The lowest BCUT2D eigenvalue weighted by Crippen LogP contribution is -2.20. The van der Waals surface area contributed by atoms with Gasteiger partial charge in [-0.15, -0.1) is 0 Å². The zero-order chi connectivity index (χ0) is 11.3. The average molecular weight is 210 g/mol. The minimum Gasteiger partial charge on any atom is -0.383 e. The molecule has 1 heterocycles. The molecule has 0 amide bonds. The topological polar surface area (TPSA) is 26.2 Å². The molecule has 0 spiro atoms. The summed E-state index contributed by atoms with van der Waals surface area (Å²) >= 11 is 0. The summed E-state index contributed by atoms with van der Waals surface area (Å²) in [7, 11) is 1.72. The maximum absolute atomic E-state index is 4.97. The molecule has 86 valence electrons. The quantitative estimate of drug-likeness (QED) is 0.752. The van der Waals surface area contributed by atoms with E-state index in [0.29, 0.717) is 0 Å². The molecule has 1 aromatic heterocycles. The number of nitrogens with one attached hydrogen (secondary N) is 1. The van der Waals surface area contributed by atoms with Crippen LogP contribution in [0.2, 0.25) is 0 Å². The van der Waals surface area contributed by atoms with Gasteiger partial charge in [-0.05, 0) is 32.4 Å². The van der Waals surface area contributed by atoms with Crippen LogP contribution in [0, 0.1) is 0 Å². The third-order valence-corrected chi connectivity index (χ3v) is 2.34. The summed E-state index contributed by atoms with van der Waals surface area (Å²) in [6, 6.07) is 2.16. The van der Waals surface area contributed by atoms with Crippen LogP contribution in [0.5, 0.6) is 0 Å². The molecule has 3 heteroatoms. The van der Waals surface area contributed by atoms with Crippen molar-refractivity contribution in [3.05, 3.63) is 24.0 Å². The third kappa shape index (κ3) is 4.06. The minimum absolute atomic E-state index is 0.171. The maximum Gasteiger partial charge on any atom is 0.0587 e. The van der Waals surface area contributed by atoms with Gasteiger partial charge in [0.05, 0.1) is 6.61 Å². The molecule has 0 saturated heterocycles. The zero-order valence-electron chi connectivity index (χ0n) is 10.2. The number of nitrogens with zero attached hydrogens (tertiary/aromatic N) is 1. The highest BCUT2D eigenvalue weighted by Gasteiger charge is 2.11. The van der Waals surface area contributed by atoms with Crippen molar-refractivity contribution in [1.82, 2.24) is 9.88 Å². The van der Waals surface area contributed by atoms with Crippen LogP contribution in [0.1, 0.15) is 26.3 Å². The van der Waals surface area contributed by atoms with Crippen LogP contribution in [-0.4, -0.2) is 24.8 Å². The highest BCUT2D eigenvalue weighted by molar-refractivity contribution is 5.11. The Kier molecular flexibility index (Phi) is 4.36. The van der Waals surface area contributed by atoms with E-state index in [0.717, 1.165) is 19.7 Å². The van der Waals surface area contributed by atoms with Gasteiger partial charge < -0.3 is 14.6 Å². The molecule has 0 unspecified atom stereocenters. The van der Waals surface area contributed by atoms with Gasteiger partial charge in [0.25, 0.3) is 0 Å². The molecule has 0 bridgehead atoms. The molecule has 0 fully saturated rings. The number of hydrogen-bond donors (Lipinski definition) is 1. The summed E-state index contributed by atoms with van der Waals surface area (Å²) in [5.41, 5.74) is 1.49. The van der Waals surface area contributed by atoms with Crippen molar-refractivity contribution in [3.63, 3.8) is 0 Å². The summed E-state index contributed by atoms with van der Waals surface area (Å²) in [6.45, 7) is 9.18. The summed E-state index contributed by atoms with van der Waals surface area (Å²) < 4.78 is 7.21. The lowest BCUT2D eigenvalue weighted by molar-refractivity contribution is 0.199. The third-order valence-electron chi connectivity index (χ3n) is 2.34. The second kappa shape index (κ2) is 5.33. The summed E-state index contributed by atoms with van der Waals surface area (Å²) in [5.74, 6) is 0. The van der Waals surface area contributed by atoms with E-state index < -0.39 is 0 Å². The SMILES string of the molecule is COCCNCc1ccn(C(C)(C)C)c1. The number of ether oxygens (including phenoxy) is 1. The van der Waals surface area contributed by atoms with E-state index in [9.17, 15) is 0 Å². The molecule has 15 heavy (non-hydrogen) atoms. The first-order valence-corrected chi connectivity index (χ1v) is 5.41. The van der Waals surface area contributed by atoms with E-state index in [4.69, 9.17) is 4.74 Å². The minimum atomic E-state index is 0.171. The number of rotatable bonds is 5. The molecule has 3 nitrogen and oxygen atoms in total. The Hall–Kier alpha value is -0.800. The van der Waals surface area contributed by atoms with E-state index in [-0.39, 0.29) is 5.54 Å². The van der Waals surface area contributed by atoms with Gasteiger partial charge in [0.15, 0.2) is 0 Å². The summed E-state index contributed by atoms with van der Waals surface area (Å²) in [6.07, 6.45) is 4.33. The van der Waals surface area contributed by atoms with Crippen LogP contribution < -0.4 is 5.32 Å². The first-order valence-electron chi connectivity index (χ1n) is 5.41. The monoisotopic (exact) mass is 210 g/mol. The Morgan fingerprint density at radius 3 is 2.67 bits per heavy atom. The van der Waals surface area contributed by atoms with E-state index >= 15 is 0 Å². The van der Waals surface area contributed by atoms with E-state index in [1.807, 2.05) is 0 Å². The van der Waals surface area contributed by atoms with Gasteiger partial charge in [-0.3, -0.25) is 0 Å². The van der Waals surface area contributed by atoms with Crippen molar-refractivity contribution in [2.45, 2.75) is 32.9 Å². The van der Waals surface area contributed by atoms with Crippen LogP contribution in [0.4, 0.5) is 0 Å². The average Bonchev–Trinajstić information content (AvgIpc) is 2.60. The predicted octanol–water partition coefficient (Wildman–Crippen LogP) is 1.98. The lowest BCUT2D eigenvalue weighted by Gasteiger charge is -2.20. The van der Waals surface area contributed by atoms with Gasteiger partial charge in [0.1, 0.15) is 0 Å². The van der Waals surface area contributed by atoms with Crippen LogP contribution in [0.15, 0.2) is 18.5 Å². The zero-order valence-corrected chi connectivity index (χ0v) is 10.2. The largest absolute Gasteiger partial charge is 0.383 e. The molecule has 1 N–H and O–H groups in total. The van der Waals surface area contributed by atoms with Crippen LogP contribution >= 0.6 is 0 Å². The molecule has 0 atom stereocenters. The van der Waals surface area contributed by atoms with E-state index in [1.54, 1.807) is 7.11 Å². The van der Waals surface area contributed by atoms with Crippen molar-refractivity contribution in [1.29, 1.82) is 0 Å². The highest BCUT2D eigenvalue weighted by atomic mass is 16.5.